The van der Waals surface area contributed by atoms with Crippen molar-refractivity contribution in [3.05, 3.63) is 40.5 Å². The van der Waals surface area contributed by atoms with Crippen LogP contribution in [0, 0.1) is 0 Å². The number of hydrogen-bond acceptors (Lipinski definition) is 3. The minimum Gasteiger partial charge on any atom is -0.545 e. The van der Waals surface area contributed by atoms with E-state index < -0.39 is 17.7 Å². The summed E-state index contributed by atoms with van der Waals surface area (Å²) in [6.45, 7) is 0. The Morgan fingerprint density at radius 2 is 1.95 bits per heavy atom. The Balaban J connectivity index is 0.00000180. The molecule has 0 spiro atoms. The van der Waals surface area contributed by atoms with Crippen molar-refractivity contribution in [2.24, 2.45) is 0 Å². The van der Waals surface area contributed by atoms with Crippen molar-refractivity contribution in [1.82, 2.24) is 4.98 Å². The summed E-state index contributed by atoms with van der Waals surface area (Å²) in [5.41, 5.74) is -1.26. The Morgan fingerprint density at radius 3 is 2.47 bits per heavy atom. The topological polar surface area (TPSA) is 53.0 Å². The number of alkyl halides is 3. The zero-order valence-electron chi connectivity index (χ0n) is 9.58. The zero-order chi connectivity index (χ0) is 13.5. The van der Waals surface area contributed by atoms with Gasteiger partial charge < -0.3 is 9.90 Å². The molecule has 19 heavy (non-hydrogen) atoms. The summed E-state index contributed by atoms with van der Waals surface area (Å²) in [7, 11) is 0. The fourth-order valence-electron chi connectivity index (χ4n) is 1.48. The molecule has 0 bridgehead atoms. The first-order valence-electron chi connectivity index (χ1n) is 4.67. The maximum atomic E-state index is 12.5. The predicted octanol–water partition coefficient (Wildman–Crippen LogP) is -0.726. The van der Waals surface area contributed by atoms with Crippen LogP contribution in [-0.4, -0.2) is 11.0 Å². The average Bonchev–Trinajstić information content (AvgIpc) is 2.27. The van der Waals surface area contributed by atoms with Crippen molar-refractivity contribution >= 4 is 28.5 Å². The van der Waals surface area contributed by atoms with Gasteiger partial charge in [-0.25, -0.2) is 0 Å². The van der Waals surface area contributed by atoms with Crippen LogP contribution in [0.5, 0.6) is 0 Å². The second-order valence-corrected chi connectivity index (χ2v) is 3.88. The van der Waals surface area contributed by atoms with Crippen molar-refractivity contribution in [2.75, 3.05) is 0 Å². The Labute approximate surface area is 132 Å². The molecule has 0 saturated carbocycles. The van der Waals surface area contributed by atoms with Gasteiger partial charge in [-0.05, 0) is 12.1 Å². The van der Waals surface area contributed by atoms with Crippen molar-refractivity contribution < 1.29 is 52.6 Å². The monoisotopic (exact) mass is 297 g/mol. The number of carboxylic acid groups (broad SMARTS) is 1. The molecule has 2 aromatic rings. The number of carbonyl (C=O) groups excluding carboxylic acids is 1. The van der Waals surface area contributed by atoms with Crippen LogP contribution in [-0.2, 0) is 6.18 Å². The molecule has 1 heterocycles. The summed E-state index contributed by atoms with van der Waals surface area (Å²) < 4.78 is 37.4. The second kappa shape index (κ2) is 5.66. The fourth-order valence-corrected chi connectivity index (χ4v) is 1.76. The number of carboxylic acids is 1. The quantitative estimate of drug-likeness (QED) is 0.653. The van der Waals surface area contributed by atoms with Gasteiger partial charge in [0.2, 0.25) is 0 Å². The van der Waals surface area contributed by atoms with Crippen LogP contribution < -0.4 is 34.7 Å². The molecule has 0 aliphatic carbocycles. The molecule has 0 radical (unpaired) electrons. The Hall–Kier alpha value is -0.820. The molecule has 0 aliphatic heterocycles. The predicted molar refractivity (Wildman–Crippen MR) is 56.1 cm³/mol. The van der Waals surface area contributed by atoms with Gasteiger partial charge in [-0.2, -0.15) is 13.2 Å². The standard InChI is InChI=1S/C11H5ClF3NO2.Na/c12-9-6-2-1-5(11(13,14)15)3-8(6)16-4-7(9)10(17)18;/h1-4H,(H,17,18);/q;+1/p-1. The average molecular weight is 298 g/mol. The molecule has 3 nitrogen and oxygen atoms in total. The second-order valence-electron chi connectivity index (χ2n) is 3.50. The van der Waals surface area contributed by atoms with Crippen molar-refractivity contribution in [3.63, 3.8) is 0 Å². The van der Waals surface area contributed by atoms with Gasteiger partial charge in [-0.3, -0.25) is 4.98 Å². The number of halogens is 4. The molecular formula is C11H4ClF3NNaO2. The number of nitrogens with zero attached hydrogens (tertiary/aromatic N) is 1. The number of hydrogen-bond donors (Lipinski definition) is 0. The van der Waals surface area contributed by atoms with Gasteiger partial charge in [-0.1, -0.05) is 17.7 Å². The minimum absolute atomic E-state index is 0. The number of benzene rings is 1. The summed E-state index contributed by atoms with van der Waals surface area (Å²) in [4.78, 5) is 14.3. The normalized spacial score (nSPS) is 11.2. The van der Waals surface area contributed by atoms with E-state index in [4.69, 9.17) is 11.6 Å². The molecular weight excluding hydrogens is 294 g/mol. The Bertz CT molecular complexity index is 646. The van der Waals surface area contributed by atoms with Crippen LogP contribution in [0.2, 0.25) is 5.02 Å². The third kappa shape index (κ3) is 3.20. The molecule has 0 saturated heterocycles. The Morgan fingerprint density at radius 1 is 1.32 bits per heavy atom. The first kappa shape index (κ1) is 16.2. The number of pyridine rings is 1. The van der Waals surface area contributed by atoms with E-state index in [1.54, 1.807) is 0 Å². The molecule has 94 valence electrons. The van der Waals surface area contributed by atoms with Gasteiger partial charge in [-0.15, -0.1) is 0 Å². The summed E-state index contributed by atoms with van der Waals surface area (Å²) in [5.74, 6) is -1.53. The maximum Gasteiger partial charge on any atom is 1.00 e. The van der Waals surface area contributed by atoms with Gasteiger partial charge in [0, 0.05) is 17.1 Å². The summed E-state index contributed by atoms with van der Waals surface area (Å²) in [6.07, 6.45) is -3.62. The van der Waals surface area contributed by atoms with E-state index in [2.05, 4.69) is 4.98 Å². The van der Waals surface area contributed by atoms with Crippen LogP contribution in [0.15, 0.2) is 24.4 Å². The first-order valence-corrected chi connectivity index (χ1v) is 5.05. The van der Waals surface area contributed by atoms with E-state index in [1.165, 1.54) is 0 Å². The van der Waals surface area contributed by atoms with E-state index in [0.29, 0.717) is 0 Å². The number of aromatic carboxylic acids is 1. The number of aromatic nitrogens is 1. The van der Waals surface area contributed by atoms with E-state index in [1.807, 2.05) is 0 Å². The third-order valence-corrected chi connectivity index (χ3v) is 2.76. The van der Waals surface area contributed by atoms with E-state index in [-0.39, 0.29) is 51.0 Å². The molecule has 0 atom stereocenters. The third-order valence-electron chi connectivity index (χ3n) is 2.35. The van der Waals surface area contributed by atoms with Gasteiger partial charge in [0.1, 0.15) is 0 Å². The van der Waals surface area contributed by atoms with Crippen LogP contribution >= 0.6 is 11.6 Å². The number of carbonyl (C=O) groups is 1. The van der Waals surface area contributed by atoms with E-state index in [0.717, 1.165) is 24.4 Å². The first-order chi connectivity index (χ1) is 8.30. The molecule has 8 heteroatoms. The molecule has 0 unspecified atom stereocenters. The molecule has 1 aromatic carbocycles. The van der Waals surface area contributed by atoms with Crippen LogP contribution in [0.4, 0.5) is 13.2 Å². The SMILES string of the molecule is O=C([O-])c1cnc2cc(C(F)(F)F)ccc2c1Cl.[Na+]. The molecule has 1 aromatic heterocycles. The number of rotatable bonds is 1. The Kier molecular flexibility index (Phi) is 4.84. The van der Waals surface area contributed by atoms with Crippen LogP contribution in [0.25, 0.3) is 10.9 Å². The van der Waals surface area contributed by atoms with Gasteiger partial charge >= 0.3 is 35.7 Å². The van der Waals surface area contributed by atoms with Crippen molar-refractivity contribution in [3.8, 4) is 0 Å². The van der Waals surface area contributed by atoms with E-state index in [9.17, 15) is 23.1 Å². The maximum absolute atomic E-state index is 12.5. The molecule has 0 N–H and O–H groups in total. The molecule has 0 aliphatic rings. The largest absolute Gasteiger partial charge is 1.00 e. The van der Waals surface area contributed by atoms with Crippen molar-refractivity contribution in [2.45, 2.75) is 6.18 Å². The summed E-state index contributed by atoms with van der Waals surface area (Å²) in [5, 5.41) is 10.6. The summed E-state index contributed by atoms with van der Waals surface area (Å²) in [6, 6.07) is 2.70. The van der Waals surface area contributed by atoms with Crippen LogP contribution in [0.1, 0.15) is 15.9 Å². The summed E-state index contributed by atoms with van der Waals surface area (Å²) >= 11 is 5.76. The van der Waals surface area contributed by atoms with Crippen molar-refractivity contribution in [1.29, 1.82) is 0 Å². The van der Waals surface area contributed by atoms with Crippen LogP contribution in [0.3, 0.4) is 0 Å². The van der Waals surface area contributed by atoms with E-state index >= 15 is 0 Å². The fraction of sp³-hybridized carbons (Fsp3) is 0.0909. The van der Waals surface area contributed by atoms with Gasteiger partial charge in [0.15, 0.2) is 0 Å². The minimum atomic E-state index is -4.49. The molecule has 0 amide bonds. The van der Waals surface area contributed by atoms with Gasteiger partial charge in [0.25, 0.3) is 0 Å². The number of fused-ring (bicyclic) bond motifs is 1. The molecule has 0 fully saturated rings. The zero-order valence-corrected chi connectivity index (χ0v) is 12.3. The molecule has 2 rings (SSSR count). The smallest absolute Gasteiger partial charge is 0.545 e. The van der Waals surface area contributed by atoms with Gasteiger partial charge in [0.05, 0.1) is 22.1 Å².